The van der Waals surface area contributed by atoms with Gasteiger partial charge >= 0.3 is 0 Å². The summed E-state index contributed by atoms with van der Waals surface area (Å²) in [5, 5.41) is 3.83. The number of nitrogens with one attached hydrogen (secondary N) is 1. The number of carbonyl (C=O) groups excluding carboxylic acids is 1. The number of amides is 1. The van der Waals surface area contributed by atoms with Gasteiger partial charge in [-0.1, -0.05) is 24.7 Å². The van der Waals surface area contributed by atoms with Crippen LogP contribution in [0, 0.1) is 5.41 Å². The largest absolute Gasteiger partial charge is 0.382 e. The number of nitrogens with two attached hydrogens (primary N) is 1. The first kappa shape index (κ1) is 15.1. The van der Waals surface area contributed by atoms with Crippen LogP contribution in [0.2, 0.25) is 0 Å². The van der Waals surface area contributed by atoms with Crippen LogP contribution < -0.4 is 16.0 Å². The van der Waals surface area contributed by atoms with Crippen molar-refractivity contribution in [1.29, 1.82) is 0 Å². The molecule has 0 unspecified atom stereocenters. The number of nitrogens with zero attached hydrogens (tertiary/aromatic N) is 2. The van der Waals surface area contributed by atoms with Gasteiger partial charge in [-0.3, -0.25) is 4.79 Å². The molecular formula is C14H24N4OS. The summed E-state index contributed by atoms with van der Waals surface area (Å²) in [6, 6.07) is 0. The van der Waals surface area contributed by atoms with Gasteiger partial charge in [0.25, 0.3) is 5.91 Å². The van der Waals surface area contributed by atoms with Crippen LogP contribution in [0.15, 0.2) is 0 Å². The average Bonchev–Trinajstić information content (AvgIpc) is 2.77. The van der Waals surface area contributed by atoms with Crippen LogP contribution in [0.4, 0.5) is 10.9 Å². The third-order valence-corrected chi connectivity index (χ3v) is 5.25. The topological polar surface area (TPSA) is 71.2 Å². The minimum Gasteiger partial charge on any atom is -0.382 e. The molecule has 1 fully saturated rings. The van der Waals surface area contributed by atoms with Gasteiger partial charge in [-0.15, -0.1) is 0 Å². The van der Waals surface area contributed by atoms with Crippen molar-refractivity contribution >= 4 is 28.2 Å². The molecule has 1 aliphatic carbocycles. The molecule has 1 aromatic rings. The van der Waals surface area contributed by atoms with E-state index in [1.54, 1.807) is 0 Å². The third kappa shape index (κ3) is 3.06. The Hall–Kier alpha value is -1.30. The van der Waals surface area contributed by atoms with E-state index in [1.165, 1.54) is 30.6 Å². The Labute approximate surface area is 124 Å². The molecule has 0 radical (unpaired) electrons. The van der Waals surface area contributed by atoms with Crippen molar-refractivity contribution in [3.63, 3.8) is 0 Å². The summed E-state index contributed by atoms with van der Waals surface area (Å²) >= 11 is 1.38. The van der Waals surface area contributed by atoms with E-state index < -0.39 is 0 Å². The van der Waals surface area contributed by atoms with Crippen molar-refractivity contribution in [1.82, 2.24) is 10.3 Å². The van der Waals surface area contributed by atoms with Crippen molar-refractivity contribution in [3.05, 3.63) is 4.88 Å². The van der Waals surface area contributed by atoms with Crippen molar-refractivity contribution in [2.45, 2.75) is 40.0 Å². The number of hydrogen-bond acceptors (Lipinski definition) is 5. The highest BCUT2D eigenvalue weighted by Crippen LogP contribution is 2.39. The summed E-state index contributed by atoms with van der Waals surface area (Å²) in [5.74, 6) is 0.250. The Morgan fingerprint density at radius 1 is 1.45 bits per heavy atom. The Balaban J connectivity index is 2.02. The van der Waals surface area contributed by atoms with Gasteiger partial charge in [-0.25, -0.2) is 4.98 Å². The van der Waals surface area contributed by atoms with Gasteiger partial charge in [0.05, 0.1) is 0 Å². The van der Waals surface area contributed by atoms with Crippen molar-refractivity contribution in [3.8, 4) is 0 Å². The molecule has 1 amide bonds. The van der Waals surface area contributed by atoms with Gasteiger partial charge < -0.3 is 16.0 Å². The number of nitrogen functional groups attached to an aromatic ring is 1. The Bertz CT molecular complexity index is 478. The van der Waals surface area contributed by atoms with E-state index in [2.05, 4.69) is 36.0 Å². The van der Waals surface area contributed by atoms with Crippen LogP contribution in [-0.2, 0) is 0 Å². The number of carbonyl (C=O) groups is 1. The first-order valence-corrected chi connectivity index (χ1v) is 8.10. The Morgan fingerprint density at radius 2 is 2.10 bits per heavy atom. The molecule has 0 bridgehead atoms. The van der Waals surface area contributed by atoms with Crippen LogP contribution >= 0.6 is 11.3 Å². The van der Waals surface area contributed by atoms with Crippen molar-refractivity contribution in [2.24, 2.45) is 5.41 Å². The highest BCUT2D eigenvalue weighted by Gasteiger charge is 2.32. The molecule has 2 rings (SSSR count). The van der Waals surface area contributed by atoms with E-state index >= 15 is 0 Å². The average molecular weight is 296 g/mol. The maximum Gasteiger partial charge on any atom is 0.265 e. The lowest BCUT2D eigenvalue weighted by atomic mass is 9.70. The lowest BCUT2D eigenvalue weighted by molar-refractivity contribution is 0.0895. The minimum atomic E-state index is -0.0912. The number of anilines is 2. The fourth-order valence-electron chi connectivity index (χ4n) is 2.44. The molecular weight excluding hydrogens is 272 g/mol. The van der Waals surface area contributed by atoms with Crippen LogP contribution in [0.5, 0.6) is 0 Å². The molecule has 3 N–H and O–H groups in total. The zero-order valence-corrected chi connectivity index (χ0v) is 13.3. The zero-order chi connectivity index (χ0) is 14.8. The molecule has 0 saturated heterocycles. The van der Waals surface area contributed by atoms with Crippen LogP contribution in [0.25, 0.3) is 0 Å². The van der Waals surface area contributed by atoms with Gasteiger partial charge in [-0.2, -0.15) is 0 Å². The van der Waals surface area contributed by atoms with Crippen LogP contribution in [-0.4, -0.2) is 30.5 Å². The van der Waals surface area contributed by atoms with Gasteiger partial charge in [-0.05, 0) is 32.1 Å². The number of thiazole rings is 1. The molecule has 0 aromatic carbocycles. The smallest absolute Gasteiger partial charge is 0.265 e. The minimum absolute atomic E-state index is 0.0912. The number of hydrogen-bond donors (Lipinski definition) is 2. The predicted molar refractivity (Wildman–Crippen MR) is 84.4 cm³/mol. The van der Waals surface area contributed by atoms with Crippen molar-refractivity contribution in [2.75, 3.05) is 30.3 Å². The van der Waals surface area contributed by atoms with Crippen LogP contribution in [0.3, 0.4) is 0 Å². The Morgan fingerprint density at radius 3 is 2.60 bits per heavy atom. The summed E-state index contributed by atoms with van der Waals surface area (Å²) in [7, 11) is 0. The standard InChI is InChI=1S/C14H24N4OS/c1-4-18(5-2)13-17-11(15)10(20-13)12(19)16-9-14(3)7-6-8-14/h4-9,15H2,1-3H3,(H,16,19). The van der Waals surface area contributed by atoms with E-state index in [0.717, 1.165) is 24.8 Å². The lowest BCUT2D eigenvalue weighted by Gasteiger charge is -2.38. The van der Waals surface area contributed by atoms with Gasteiger partial charge in [0.1, 0.15) is 10.7 Å². The van der Waals surface area contributed by atoms with E-state index in [4.69, 9.17) is 5.73 Å². The highest BCUT2D eigenvalue weighted by atomic mass is 32.1. The van der Waals surface area contributed by atoms with Gasteiger partial charge in [0.2, 0.25) is 0 Å². The van der Waals surface area contributed by atoms with E-state index in [9.17, 15) is 4.79 Å². The number of aromatic nitrogens is 1. The molecule has 112 valence electrons. The fraction of sp³-hybridized carbons (Fsp3) is 0.714. The Kier molecular flexibility index (Phi) is 4.52. The van der Waals surface area contributed by atoms with E-state index in [0.29, 0.717) is 10.7 Å². The summed E-state index contributed by atoms with van der Waals surface area (Å²) in [5.41, 5.74) is 6.16. The second-order valence-corrected chi connectivity index (χ2v) is 6.71. The maximum absolute atomic E-state index is 12.2. The second-order valence-electron chi connectivity index (χ2n) is 5.73. The molecule has 1 heterocycles. The lowest BCUT2D eigenvalue weighted by Crippen LogP contribution is -2.39. The first-order chi connectivity index (χ1) is 9.49. The van der Waals surface area contributed by atoms with Crippen LogP contribution in [0.1, 0.15) is 49.7 Å². The fourth-order valence-corrected chi connectivity index (χ4v) is 3.47. The molecule has 6 heteroatoms. The normalized spacial score (nSPS) is 16.6. The maximum atomic E-state index is 12.2. The molecule has 0 spiro atoms. The zero-order valence-electron chi connectivity index (χ0n) is 12.5. The monoisotopic (exact) mass is 296 g/mol. The molecule has 1 aromatic heterocycles. The van der Waals surface area contributed by atoms with Gasteiger partial charge in [0.15, 0.2) is 5.13 Å². The SMILES string of the molecule is CCN(CC)c1nc(N)c(C(=O)NCC2(C)CCC2)s1. The van der Waals surface area contributed by atoms with Crippen molar-refractivity contribution < 1.29 is 4.79 Å². The molecule has 5 nitrogen and oxygen atoms in total. The number of rotatable bonds is 6. The predicted octanol–water partition coefficient (Wildman–Crippen LogP) is 2.49. The molecule has 20 heavy (non-hydrogen) atoms. The summed E-state index contributed by atoms with van der Waals surface area (Å²) in [4.78, 5) is 19.2. The first-order valence-electron chi connectivity index (χ1n) is 7.28. The second kappa shape index (κ2) is 5.99. The third-order valence-electron chi connectivity index (χ3n) is 4.12. The molecule has 1 saturated carbocycles. The van der Waals surface area contributed by atoms with E-state index in [1.807, 2.05) is 0 Å². The summed E-state index contributed by atoms with van der Waals surface area (Å²) < 4.78 is 0. The highest BCUT2D eigenvalue weighted by molar-refractivity contribution is 7.18. The molecule has 0 atom stereocenters. The quantitative estimate of drug-likeness (QED) is 0.846. The van der Waals surface area contributed by atoms with E-state index in [-0.39, 0.29) is 11.3 Å². The van der Waals surface area contributed by atoms with Gasteiger partial charge in [0, 0.05) is 19.6 Å². The molecule has 0 aliphatic heterocycles. The molecule has 1 aliphatic rings. The summed E-state index contributed by atoms with van der Waals surface area (Å²) in [6.07, 6.45) is 3.65. The summed E-state index contributed by atoms with van der Waals surface area (Å²) in [6.45, 7) is 8.81.